The first-order valence-corrected chi connectivity index (χ1v) is 12.0. The Morgan fingerprint density at radius 2 is 2.05 bits per heavy atom. The molecule has 1 aromatic heterocycles. The van der Waals surface area contributed by atoms with Crippen LogP contribution in [0.15, 0.2) is 27.3 Å². The molecule has 0 saturated heterocycles. The van der Waals surface area contributed by atoms with E-state index in [4.69, 9.17) is 5.14 Å². The summed E-state index contributed by atoms with van der Waals surface area (Å²) in [7, 11) is -4.86. The predicted molar refractivity (Wildman–Crippen MR) is 89.7 cm³/mol. The maximum absolute atomic E-state index is 12.7. The van der Waals surface area contributed by atoms with Crippen LogP contribution in [-0.2, 0) is 15.5 Å². The minimum atomic E-state index is -2.92. The van der Waals surface area contributed by atoms with Crippen LogP contribution in [0.4, 0.5) is 0 Å². The lowest BCUT2D eigenvalue weighted by Gasteiger charge is -2.19. The monoisotopic (exact) mass is 329 g/mol. The summed E-state index contributed by atoms with van der Waals surface area (Å²) >= 11 is 0. The van der Waals surface area contributed by atoms with E-state index in [2.05, 4.69) is 29.0 Å². The fraction of sp³-hybridized carbons (Fsp3) is 0.643. The zero-order chi connectivity index (χ0) is 16.3. The summed E-state index contributed by atoms with van der Waals surface area (Å²) in [5.74, 6) is 0. The first kappa shape index (κ1) is 18.3. The third-order valence-corrected chi connectivity index (χ3v) is 8.78. The van der Waals surface area contributed by atoms with Crippen LogP contribution in [0.5, 0.6) is 0 Å². The van der Waals surface area contributed by atoms with Crippen LogP contribution in [-0.4, -0.2) is 22.5 Å². The van der Waals surface area contributed by atoms with Crippen molar-refractivity contribution in [3.8, 4) is 0 Å². The van der Waals surface area contributed by atoms with E-state index in [9.17, 15) is 9.32 Å². The van der Waals surface area contributed by atoms with Crippen molar-refractivity contribution < 1.29 is 9.32 Å². The number of aromatic nitrogens is 1. The number of aliphatic hydroxyl groups is 1. The number of hydrogen-bond donors (Lipinski definition) is 2. The fourth-order valence-corrected chi connectivity index (χ4v) is 7.40. The molecule has 0 spiro atoms. The van der Waals surface area contributed by atoms with Crippen LogP contribution in [0.2, 0.25) is 19.1 Å². The molecule has 0 bridgehead atoms. The fourth-order valence-electron chi connectivity index (χ4n) is 1.99. The molecule has 0 aromatic carbocycles. The number of nitrogens with zero attached hydrogens (tertiary/aromatic N) is 2. The predicted octanol–water partition coefficient (Wildman–Crippen LogP) is 3.01. The molecular formula is C14H27N3O2SSi. The minimum Gasteiger partial charge on any atom is -0.384 e. The molecule has 1 unspecified atom stereocenters. The van der Waals surface area contributed by atoms with Gasteiger partial charge in [-0.2, -0.15) is 0 Å². The van der Waals surface area contributed by atoms with Gasteiger partial charge in [0.15, 0.2) is 8.24 Å². The Balaban J connectivity index is 3.10. The molecule has 0 amide bonds. The third kappa shape index (κ3) is 5.50. The summed E-state index contributed by atoms with van der Waals surface area (Å²) in [6.45, 7) is 9.59. The smallest absolute Gasteiger partial charge is 0.189 e. The maximum Gasteiger partial charge on any atom is 0.189 e. The van der Waals surface area contributed by atoms with Crippen LogP contribution >= 0.6 is 0 Å². The van der Waals surface area contributed by atoms with Gasteiger partial charge in [0, 0.05) is 6.20 Å². The van der Waals surface area contributed by atoms with E-state index >= 15 is 0 Å². The molecule has 21 heavy (non-hydrogen) atoms. The normalized spacial score (nSPS) is 15.6. The highest BCUT2D eigenvalue weighted by Gasteiger charge is 2.24. The highest BCUT2D eigenvalue weighted by Crippen LogP contribution is 2.21. The standard InChI is InChI=1S/C14H27N3O2SSi/c1-6-7-10-21(4,5)17-20(15,19)12-8-9-13(16-11-12)14(2,3)18/h8-9,11,18H,6-7,10H2,1-5H3,(H2,15,17,19). The molecule has 0 fully saturated rings. The Hall–Kier alpha value is -0.763. The van der Waals surface area contributed by atoms with E-state index in [1.165, 1.54) is 6.20 Å². The Kier molecular flexibility index (Phi) is 5.71. The van der Waals surface area contributed by atoms with Crippen molar-refractivity contribution in [1.82, 2.24) is 4.98 Å². The van der Waals surface area contributed by atoms with Gasteiger partial charge in [0.2, 0.25) is 0 Å². The molecule has 1 atom stereocenters. The Morgan fingerprint density at radius 3 is 2.48 bits per heavy atom. The van der Waals surface area contributed by atoms with Gasteiger partial charge in [0.1, 0.15) is 15.5 Å². The van der Waals surface area contributed by atoms with Crippen molar-refractivity contribution in [2.75, 3.05) is 0 Å². The van der Waals surface area contributed by atoms with Crippen molar-refractivity contribution in [2.45, 2.75) is 63.2 Å². The lowest BCUT2D eigenvalue weighted by Crippen LogP contribution is -2.28. The van der Waals surface area contributed by atoms with Crippen molar-refractivity contribution >= 4 is 18.2 Å². The summed E-state index contributed by atoms with van der Waals surface area (Å²) in [6.07, 6.45) is 3.64. The Labute approximate surface area is 129 Å². The molecule has 1 aromatic rings. The van der Waals surface area contributed by atoms with Gasteiger partial charge in [0.25, 0.3) is 0 Å². The number of hydrogen-bond acceptors (Lipinski definition) is 4. The second-order valence-electron chi connectivity index (χ2n) is 6.51. The SMILES string of the molecule is CCCC[Si](C)(C)N=S(N)(=O)c1ccc(C(C)(C)O)nc1. The summed E-state index contributed by atoms with van der Waals surface area (Å²) in [5, 5.41) is 15.8. The average molecular weight is 330 g/mol. The van der Waals surface area contributed by atoms with Crippen molar-refractivity contribution in [1.29, 1.82) is 0 Å². The molecule has 7 heteroatoms. The molecule has 5 nitrogen and oxygen atoms in total. The van der Waals surface area contributed by atoms with E-state index in [1.54, 1.807) is 26.0 Å². The quantitative estimate of drug-likeness (QED) is 0.786. The number of nitrogens with two attached hydrogens (primary N) is 1. The molecule has 0 aliphatic heterocycles. The van der Waals surface area contributed by atoms with Crippen LogP contribution < -0.4 is 5.14 Å². The molecule has 3 N–H and O–H groups in total. The van der Waals surface area contributed by atoms with Gasteiger partial charge in [-0.15, -0.1) is 0 Å². The second-order valence-corrected chi connectivity index (χ2v) is 13.0. The van der Waals surface area contributed by atoms with Gasteiger partial charge in [-0.05, 0) is 45.1 Å². The minimum absolute atomic E-state index is 0.424. The highest BCUT2D eigenvalue weighted by atomic mass is 32.2. The first-order valence-electron chi connectivity index (χ1n) is 7.23. The molecule has 0 saturated carbocycles. The van der Waals surface area contributed by atoms with Gasteiger partial charge in [-0.25, -0.2) is 9.35 Å². The molecular weight excluding hydrogens is 302 g/mol. The molecule has 120 valence electrons. The van der Waals surface area contributed by atoms with E-state index < -0.39 is 23.8 Å². The highest BCUT2D eigenvalue weighted by molar-refractivity contribution is 7.92. The van der Waals surface area contributed by atoms with Crippen LogP contribution in [0, 0.1) is 0 Å². The van der Waals surface area contributed by atoms with Crippen LogP contribution in [0.1, 0.15) is 39.3 Å². The Morgan fingerprint density at radius 1 is 1.43 bits per heavy atom. The third-order valence-electron chi connectivity index (χ3n) is 3.23. The van der Waals surface area contributed by atoms with Crippen molar-refractivity contribution in [3.63, 3.8) is 0 Å². The Bertz CT molecular complexity index is 585. The molecule has 0 aliphatic rings. The van der Waals surface area contributed by atoms with Gasteiger partial charge in [-0.3, -0.25) is 9.01 Å². The van der Waals surface area contributed by atoms with E-state index in [1.807, 2.05) is 0 Å². The van der Waals surface area contributed by atoms with Gasteiger partial charge in [0.05, 0.1) is 10.6 Å². The van der Waals surface area contributed by atoms with Crippen LogP contribution in [0.3, 0.4) is 0 Å². The van der Waals surface area contributed by atoms with Crippen molar-refractivity contribution in [3.05, 3.63) is 24.0 Å². The van der Waals surface area contributed by atoms with E-state index in [-0.39, 0.29) is 0 Å². The van der Waals surface area contributed by atoms with Crippen LogP contribution in [0.25, 0.3) is 0 Å². The van der Waals surface area contributed by atoms with Gasteiger partial charge < -0.3 is 5.11 Å². The largest absolute Gasteiger partial charge is 0.384 e. The summed E-state index contributed by atoms with van der Waals surface area (Å²) in [5.41, 5.74) is -0.510. The average Bonchev–Trinajstić information content (AvgIpc) is 2.34. The van der Waals surface area contributed by atoms with E-state index in [0.29, 0.717) is 10.6 Å². The topological polar surface area (TPSA) is 88.6 Å². The number of unbranched alkanes of at least 4 members (excludes halogenated alkanes) is 1. The maximum atomic E-state index is 12.7. The molecule has 1 heterocycles. The zero-order valence-corrected chi connectivity index (χ0v) is 15.4. The first-order chi connectivity index (χ1) is 9.48. The summed E-state index contributed by atoms with van der Waals surface area (Å²) in [6, 6.07) is 4.28. The van der Waals surface area contributed by atoms with Crippen molar-refractivity contribution in [2.24, 2.45) is 9.17 Å². The number of rotatable bonds is 6. The number of pyridine rings is 1. The molecule has 0 radical (unpaired) electrons. The lowest BCUT2D eigenvalue weighted by molar-refractivity contribution is 0.0737. The van der Waals surface area contributed by atoms with Gasteiger partial charge >= 0.3 is 0 Å². The summed E-state index contributed by atoms with van der Waals surface area (Å²) < 4.78 is 17.2. The molecule has 1 rings (SSSR count). The summed E-state index contributed by atoms with van der Waals surface area (Å²) in [4.78, 5) is 4.58. The van der Waals surface area contributed by atoms with Gasteiger partial charge in [-0.1, -0.05) is 19.8 Å². The second kappa shape index (κ2) is 6.56. The van der Waals surface area contributed by atoms with E-state index in [0.717, 1.165) is 18.9 Å². The molecule has 0 aliphatic carbocycles. The lowest BCUT2D eigenvalue weighted by atomic mass is 10.1. The zero-order valence-electron chi connectivity index (χ0n) is 13.6.